The monoisotopic (exact) mass is 200 g/mol. The predicted molar refractivity (Wildman–Crippen MR) is 47.7 cm³/mol. The van der Waals surface area contributed by atoms with Gasteiger partial charge in [0.2, 0.25) is 0 Å². The molecule has 1 saturated heterocycles. The van der Waals surface area contributed by atoms with Gasteiger partial charge >= 0.3 is 0 Å². The molecule has 0 aliphatic carbocycles. The van der Waals surface area contributed by atoms with E-state index in [2.05, 4.69) is 5.32 Å². The zero-order valence-electron chi connectivity index (χ0n) is 6.84. The normalized spacial score (nSPS) is 16.8. The summed E-state index contributed by atoms with van der Waals surface area (Å²) in [5, 5.41) is 4.35. The molecule has 1 aliphatic rings. The van der Waals surface area contributed by atoms with Gasteiger partial charge in [0.1, 0.15) is 6.10 Å². The van der Waals surface area contributed by atoms with Crippen molar-refractivity contribution in [2.75, 3.05) is 13.1 Å². The molecule has 1 heterocycles. The molecule has 0 spiro atoms. The topological polar surface area (TPSA) is 23.3 Å². The summed E-state index contributed by atoms with van der Waals surface area (Å²) in [7, 11) is 0. The van der Waals surface area contributed by atoms with Crippen LogP contribution in [0, 0.1) is 5.82 Å². The zero-order chi connectivity index (χ0) is 9.26. The van der Waals surface area contributed by atoms with E-state index in [-0.39, 0.29) is 11.9 Å². The Morgan fingerprint density at radius 1 is 1.46 bits per heavy atom. The maximum Gasteiger partial charge on any atom is 0.166 e. The van der Waals surface area contributed by atoms with Crippen LogP contribution in [-0.2, 0) is 0 Å². The lowest BCUT2D eigenvalue weighted by Crippen LogP contribution is -2.45. The second-order valence-corrected chi connectivity index (χ2v) is 3.34. The van der Waals surface area contributed by atoms with Crippen LogP contribution in [0.4, 0.5) is 4.39 Å². The van der Waals surface area contributed by atoms with Crippen molar-refractivity contribution < 1.29 is 9.13 Å². The lowest BCUT2D eigenvalue weighted by molar-refractivity contribution is 0.133. The van der Waals surface area contributed by atoms with Crippen molar-refractivity contribution in [3.8, 4) is 5.75 Å². The molecule has 1 radical (unpaired) electrons. The Bertz CT molecular complexity index is 314. The third kappa shape index (κ3) is 1.92. The second kappa shape index (κ2) is 3.52. The molecule has 1 aliphatic heterocycles. The molecule has 0 unspecified atom stereocenters. The standard InChI is InChI=1S/C9H8ClFNO/c10-6-1-2-9(8(11)3-6)13-7-4-12-5-7/h1-3,7H,4-5H2. The summed E-state index contributed by atoms with van der Waals surface area (Å²) < 4.78 is 18.4. The van der Waals surface area contributed by atoms with E-state index in [0.717, 1.165) is 0 Å². The van der Waals surface area contributed by atoms with Gasteiger partial charge in [0, 0.05) is 5.02 Å². The summed E-state index contributed by atoms with van der Waals surface area (Å²) in [5.41, 5.74) is 0. The van der Waals surface area contributed by atoms with Crippen LogP contribution in [0.15, 0.2) is 18.2 Å². The molecule has 0 aromatic heterocycles. The quantitative estimate of drug-likeness (QED) is 0.715. The van der Waals surface area contributed by atoms with Gasteiger partial charge in [-0.2, -0.15) is 0 Å². The molecule has 1 aromatic carbocycles. The summed E-state index contributed by atoms with van der Waals surface area (Å²) in [5.74, 6) is -0.163. The van der Waals surface area contributed by atoms with Crippen LogP contribution >= 0.6 is 11.6 Å². The Hall–Kier alpha value is -0.800. The molecule has 2 nitrogen and oxygen atoms in total. The molecule has 1 aromatic rings. The van der Waals surface area contributed by atoms with E-state index in [9.17, 15) is 4.39 Å². The number of ether oxygens (including phenoxy) is 1. The molecular weight excluding hydrogens is 193 g/mol. The van der Waals surface area contributed by atoms with Crippen molar-refractivity contribution in [2.45, 2.75) is 6.10 Å². The van der Waals surface area contributed by atoms with Gasteiger partial charge in [-0.25, -0.2) is 9.71 Å². The average Bonchev–Trinajstić information content (AvgIpc) is 1.99. The molecule has 0 atom stereocenters. The lowest BCUT2D eigenvalue weighted by atomic mass is 10.2. The third-order valence-corrected chi connectivity index (χ3v) is 2.09. The smallest absolute Gasteiger partial charge is 0.166 e. The minimum absolute atomic E-state index is 0.0377. The molecule has 0 bridgehead atoms. The van der Waals surface area contributed by atoms with E-state index >= 15 is 0 Å². The van der Waals surface area contributed by atoms with Gasteiger partial charge in [0.25, 0.3) is 0 Å². The highest BCUT2D eigenvalue weighted by Gasteiger charge is 2.21. The number of rotatable bonds is 2. The molecule has 69 valence electrons. The summed E-state index contributed by atoms with van der Waals surface area (Å²) in [6.45, 7) is 1.31. The SMILES string of the molecule is Fc1cc(Cl)ccc1OC1C[N]C1. The number of hydrogen-bond acceptors (Lipinski definition) is 1. The van der Waals surface area contributed by atoms with Crippen LogP contribution in [0.3, 0.4) is 0 Å². The Labute approximate surface area is 80.7 Å². The predicted octanol–water partition coefficient (Wildman–Crippen LogP) is 1.84. The molecular formula is C9H8ClFNO. The van der Waals surface area contributed by atoms with E-state index in [1.165, 1.54) is 12.1 Å². The molecule has 1 fully saturated rings. The van der Waals surface area contributed by atoms with Gasteiger partial charge in [0.05, 0.1) is 13.1 Å². The van der Waals surface area contributed by atoms with E-state index in [4.69, 9.17) is 16.3 Å². The summed E-state index contributed by atoms with van der Waals surface area (Å²) in [6.07, 6.45) is 0.0377. The average molecular weight is 201 g/mol. The fourth-order valence-corrected chi connectivity index (χ4v) is 1.22. The van der Waals surface area contributed by atoms with Gasteiger partial charge < -0.3 is 4.74 Å². The van der Waals surface area contributed by atoms with Gasteiger partial charge in [-0.15, -0.1) is 0 Å². The van der Waals surface area contributed by atoms with Gasteiger partial charge in [-0.3, -0.25) is 0 Å². The van der Waals surface area contributed by atoms with Crippen molar-refractivity contribution in [1.29, 1.82) is 0 Å². The Morgan fingerprint density at radius 2 is 2.23 bits per heavy atom. The first kappa shape index (κ1) is 8.78. The van der Waals surface area contributed by atoms with Crippen LogP contribution in [-0.4, -0.2) is 19.2 Å². The molecule has 13 heavy (non-hydrogen) atoms. The Balaban J connectivity index is 2.10. The third-order valence-electron chi connectivity index (χ3n) is 1.85. The van der Waals surface area contributed by atoms with Crippen molar-refractivity contribution in [1.82, 2.24) is 5.32 Å². The van der Waals surface area contributed by atoms with Gasteiger partial charge in [-0.05, 0) is 18.2 Å². The molecule has 0 amide bonds. The highest BCUT2D eigenvalue weighted by molar-refractivity contribution is 6.30. The summed E-state index contributed by atoms with van der Waals surface area (Å²) in [6, 6.07) is 4.39. The Morgan fingerprint density at radius 3 is 2.77 bits per heavy atom. The van der Waals surface area contributed by atoms with E-state index in [1.54, 1.807) is 6.07 Å². The van der Waals surface area contributed by atoms with E-state index in [1.807, 2.05) is 0 Å². The highest BCUT2D eigenvalue weighted by atomic mass is 35.5. The van der Waals surface area contributed by atoms with Crippen LogP contribution in [0.25, 0.3) is 0 Å². The number of hydrogen-bond donors (Lipinski definition) is 0. The summed E-state index contributed by atoms with van der Waals surface area (Å²) >= 11 is 5.59. The first-order chi connectivity index (χ1) is 6.25. The molecule has 0 saturated carbocycles. The maximum absolute atomic E-state index is 13.1. The first-order valence-corrected chi connectivity index (χ1v) is 4.38. The zero-order valence-corrected chi connectivity index (χ0v) is 7.59. The van der Waals surface area contributed by atoms with Crippen LogP contribution in [0.1, 0.15) is 0 Å². The fourth-order valence-electron chi connectivity index (χ4n) is 1.06. The first-order valence-electron chi connectivity index (χ1n) is 4.00. The Kier molecular flexibility index (Phi) is 2.38. The van der Waals surface area contributed by atoms with Crippen LogP contribution < -0.4 is 10.1 Å². The number of halogens is 2. The van der Waals surface area contributed by atoms with Crippen LogP contribution in [0.2, 0.25) is 5.02 Å². The van der Waals surface area contributed by atoms with E-state index in [0.29, 0.717) is 18.1 Å². The summed E-state index contributed by atoms with van der Waals surface area (Å²) in [4.78, 5) is 0. The largest absolute Gasteiger partial charge is 0.485 e. The molecule has 0 N–H and O–H groups in total. The second-order valence-electron chi connectivity index (χ2n) is 2.90. The minimum atomic E-state index is -0.417. The minimum Gasteiger partial charge on any atom is -0.485 e. The fraction of sp³-hybridized carbons (Fsp3) is 0.333. The van der Waals surface area contributed by atoms with Crippen molar-refractivity contribution in [3.05, 3.63) is 29.0 Å². The van der Waals surface area contributed by atoms with Crippen molar-refractivity contribution in [2.24, 2.45) is 0 Å². The lowest BCUT2D eigenvalue weighted by Gasteiger charge is -2.26. The van der Waals surface area contributed by atoms with Crippen molar-refractivity contribution in [3.63, 3.8) is 0 Å². The van der Waals surface area contributed by atoms with E-state index < -0.39 is 5.82 Å². The highest BCUT2D eigenvalue weighted by Crippen LogP contribution is 2.22. The van der Waals surface area contributed by atoms with Gasteiger partial charge in [-0.1, -0.05) is 11.6 Å². The molecule has 2 rings (SSSR count). The molecule has 4 heteroatoms. The number of nitrogens with zero attached hydrogens (tertiary/aromatic N) is 1. The maximum atomic E-state index is 13.1. The number of benzene rings is 1. The van der Waals surface area contributed by atoms with Gasteiger partial charge in [0.15, 0.2) is 11.6 Å². The van der Waals surface area contributed by atoms with Crippen LogP contribution in [0.5, 0.6) is 5.75 Å². The van der Waals surface area contributed by atoms with Crippen molar-refractivity contribution >= 4 is 11.6 Å².